The van der Waals surface area contributed by atoms with Gasteiger partial charge in [0, 0.05) is 59.0 Å². The molecule has 0 saturated carbocycles. The van der Waals surface area contributed by atoms with Gasteiger partial charge in [0.15, 0.2) is 0 Å². The van der Waals surface area contributed by atoms with Gasteiger partial charge in [-0.1, -0.05) is 21.3 Å². The van der Waals surface area contributed by atoms with Crippen molar-refractivity contribution in [2.75, 3.05) is 7.05 Å². The zero-order valence-corrected chi connectivity index (χ0v) is 8.74. The second-order valence-corrected chi connectivity index (χ2v) is 1.85. The van der Waals surface area contributed by atoms with Crippen molar-refractivity contribution in [3.63, 3.8) is 0 Å². The quantitative estimate of drug-likeness (QED) is 0.555. The second-order valence-electron chi connectivity index (χ2n) is 1.85. The SMILES string of the molecule is CC.CN1C(=O)CCC1=O.[2H]C.[Ar]. The molecule has 0 radical (unpaired) electrons. The zero-order valence-electron chi connectivity index (χ0n) is 9.03. The summed E-state index contributed by atoms with van der Waals surface area (Å²) in [5.74, 6) is -0.120. The van der Waals surface area contributed by atoms with Crippen LogP contribution in [-0.2, 0) is 9.59 Å². The van der Waals surface area contributed by atoms with Gasteiger partial charge in [0.05, 0.1) is 0 Å². The first-order valence-corrected chi connectivity index (χ1v) is 3.51. The van der Waals surface area contributed by atoms with E-state index >= 15 is 0 Å². The van der Waals surface area contributed by atoms with E-state index in [0.29, 0.717) is 12.8 Å². The molecule has 0 unspecified atom stereocenters. The number of amides is 2. The fourth-order valence-electron chi connectivity index (χ4n) is 0.688. The Balaban J connectivity index is -0.000000178. The minimum Gasteiger partial charge on any atom is -0.286 e. The number of hydrogen-bond acceptors (Lipinski definition) is 2. The minimum absolute atomic E-state index is 0. The van der Waals surface area contributed by atoms with Crippen LogP contribution in [0, 0.1) is 37.7 Å². The fourth-order valence-corrected chi connectivity index (χ4v) is 0.688. The van der Waals surface area contributed by atoms with Gasteiger partial charge in [0.1, 0.15) is 0 Å². The van der Waals surface area contributed by atoms with Crippen molar-refractivity contribution in [3.8, 4) is 0 Å². The summed E-state index contributed by atoms with van der Waals surface area (Å²) in [6.45, 7) is 4.00. The van der Waals surface area contributed by atoms with E-state index in [1.807, 2.05) is 13.8 Å². The van der Waals surface area contributed by atoms with Crippen molar-refractivity contribution in [1.29, 1.82) is 0 Å². The summed E-state index contributed by atoms with van der Waals surface area (Å²) >= 11 is 0. The Bertz CT molecular complexity index is 137. The average molecular weight is 200 g/mol. The van der Waals surface area contributed by atoms with Gasteiger partial charge in [-0.3, -0.25) is 14.5 Å². The molecule has 1 rings (SSSR count). The third-order valence-corrected chi connectivity index (χ3v) is 1.30. The van der Waals surface area contributed by atoms with Crippen molar-refractivity contribution < 1.29 is 48.7 Å². The van der Waals surface area contributed by atoms with Gasteiger partial charge in [0.25, 0.3) is 0 Å². The molecular formula is C8H17ArNO2. The van der Waals surface area contributed by atoms with E-state index in [-0.39, 0.29) is 49.6 Å². The molecule has 0 N–H and O–H groups in total. The Hall–Kier alpha value is 0.400. The maximum absolute atomic E-state index is 10.5. The molecule has 0 aromatic heterocycles. The Labute approximate surface area is 106 Å². The van der Waals surface area contributed by atoms with E-state index in [1.165, 1.54) is 19.4 Å². The topological polar surface area (TPSA) is 37.4 Å². The maximum atomic E-state index is 10.5. The van der Waals surface area contributed by atoms with E-state index in [9.17, 15) is 9.59 Å². The van der Waals surface area contributed by atoms with Crippen LogP contribution < -0.4 is 0 Å². The molecule has 0 aromatic rings. The third kappa shape index (κ3) is 5.12. The minimum atomic E-state index is -0.0602. The van der Waals surface area contributed by atoms with Crippen LogP contribution in [0.5, 0.6) is 0 Å². The van der Waals surface area contributed by atoms with E-state index in [0.717, 1.165) is 0 Å². The molecule has 3 nitrogen and oxygen atoms in total. The molecule has 0 aliphatic carbocycles. The normalized spacial score (nSPS) is 14.7. The van der Waals surface area contributed by atoms with Gasteiger partial charge in [-0.25, -0.2) is 0 Å². The van der Waals surface area contributed by atoms with Crippen molar-refractivity contribution >= 4 is 11.8 Å². The molecule has 0 aromatic carbocycles. The summed E-state index contributed by atoms with van der Waals surface area (Å²) in [7, 11) is 2.76. The molecule has 0 bridgehead atoms. The monoisotopic (exact) mass is 200 g/mol. The van der Waals surface area contributed by atoms with Crippen molar-refractivity contribution in [3.05, 3.63) is 0 Å². The van der Waals surface area contributed by atoms with Crippen LogP contribution in [0.4, 0.5) is 0 Å². The van der Waals surface area contributed by atoms with Crippen LogP contribution in [0.3, 0.4) is 0 Å². The summed E-state index contributed by atoms with van der Waals surface area (Å²) in [6.07, 6.45) is 0.796. The number of carbonyl (C=O) groups is 2. The smallest absolute Gasteiger partial charge is 0.229 e. The molecule has 0 spiro atoms. The Kier molecular flexibility index (Phi) is 11.8. The molecular weight excluding hydrogens is 182 g/mol. The van der Waals surface area contributed by atoms with E-state index in [2.05, 4.69) is 0 Å². The van der Waals surface area contributed by atoms with Crippen molar-refractivity contribution in [1.82, 2.24) is 4.90 Å². The van der Waals surface area contributed by atoms with Gasteiger partial charge in [-0.2, -0.15) is 0 Å². The maximum Gasteiger partial charge on any atom is 0.229 e. The largest absolute Gasteiger partial charge is 0.286 e. The number of imide groups is 1. The Morgan fingerprint density at radius 1 is 1.25 bits per heavy atom. The van der Waals surface area contributed by atoms with Crippen LogP contribution in [0.25, 0.3) is 0 Å². The summed E-state index contributed by atoms with van der Waals surface area (Å²) in [5, 5.41) is 0. The van der Waals surface area contributed by atoms with Gasteiger partial charge in [-0.15, -0.1) is 0 Å². The molecule has 74 valence electrons. The number of carbonyl (C=O) groups excluding carboxylic acids is 2. The first kappa shape index (κ1) is 14.9. The second kappa shape index (κ2) is 9.49. The van der Waals surface area contributed by atoms with E-state index in [4.69, 9.17) is 1.37 Å². The van der Waals surface area contributed by atoms with Crippen LogP contribution in [-0.4, -0.2) is 23.8 Å². The summed E-state index contributed by atoms with van der Waals surface area (Å²) in [6, 6.07) is 0. The van der Waals surface area contributed by atoms with Crippen LogP contribution in [0.15, 0.2) is 0 Å². The number of hydrogen-bond donors (Lipinski definition) is 0. The fraction of sp³-hybridized carbons (Fsp3) is 0.750. The van der Waals surface area contributed by atoms with Crippen LogP contribution in [0.1, 0.15) is 35.5 Å². The summed E-state index contributed by atoms with van der Waals surface area (Å²) in [5.41, 5.74) is 0. The molecule has 4 heteroatoms. The third-order valence-electron chi connectivity index (χ3n) is 1.30. The zero-order chi connectivity index (χ0) is 10.1. The molecule has 1 aliphatic rings. The standard InChI is InChI=1S/C5H7NO2.C2H6.CH4.Ar/c1-6-4(7)2-3-5(6)8;1-2;;/h2-3H2,1H3;1-2H3;1H4;/i;;1D;. The predicted octanol–water partition coefficient (Wildman–Crippen LogP) is 1.43. The van der Waals surface area contributed by atoms with Gasteiger partial charge in [-0.05, 0) is 0 Å². The van der Waals surface area contributed by atoms with E-state index < -0.39 is 0 Å². The average Bonchev–Trinajstić information content (AvgIpc) is 2.43. The Morgan fingerprint density at radius 3 is 1.58 bits per heavy atom. The first-order valence-electron chi connectivity index (χ1n) is 4.51. The summed E-state index contributed by atoms with van der Waals surface area (Å²) in [4.78, 5) is 22.1. The molecule has 1 heterocycles. The molecule has 12 heavy (non-hydrogen) atoms. The van der Waals surface area contributed by atoms with Gasteiger partial charge in [0.2, 0.25) is 11.8 Å². The Morgan fingerprint density at radius 2 is 1.50 bits per heavy atom. The molecule has 1 aliphatic heterocycles. The van der Waals surface area contributed by atoms with Crippen molar-refractivity contribution in [2.24, 2.45) is 0 Å². The molecule has 2 amide bonds. The number of nitrogens with zero attached hydrogens (tertiary/aromatic N) is 1. The van der Waals surface area contributed by atoms with Gasteiger partial charge >= 0.3 is 0 Å². The molecule has 1 saturated heterocycles. The number of rotatable bonds is 0. The van der Waals surface area contributed by atoms with Gasteiger partial charge < -0.3 is 0 Å². The molecule has 0 atom stereocenters. The van der Waals surface area contributed by atoms with E-state index in [1.54, 1.807) is 0 Å². The molecule has 1 fully saturated rings. The first-order chi connectivity index (χ1) is 5.72. The number of likely N-dealkylation sites (tertiary alicyclic amines) is 1. The van der Waals surface area contributed by atoms with Crippen LogP contribution >= 0.6 is 0 Å². The van der Waals surface area contributed by atoms with Crippen LogP contribution in [0.2, 0.25) is 0 Å². The summed E-state index contributed by atoms with van der Waals surface area (Å²) < 4.78 is 5.75. The van der Waals surface area contributed by atoms with Crippen molar-refractivity contribution in [2.45, 2.75) is 34.1 Å². The predicted molar refractivity (Wildman–Crippen MR) is 45.1 cm³/mol.